The highest BCUT2D eigenvalue weighted by Crippen LogP contribution is 2.29. The van der Waals surface area contributed by atoms with Crippen molar-refractivity contribution in [1.29, 1.82) is 0 Å². The summed E-state index contributed by atoms with van der Waals surface area (Å²) >= 11 is 6.21. The molecule has 18 heavy (non-hydrogen) atoms. The molecular weight excluding hydrogens is 248 g/mol. The van der Waals surface area contributed by atoms with Gasteiger partial charge in [-0.25, -0.2) is 0 Å². The normalized spacial score (nSPS) is 14.9. The number of carbonyl (C=O) groups excluding carboxylic acids is 1. The van der Waals surface area contributed by atoms with Crippen molar-refractivity contribution in [3.63, 3.8) is 0 Å². The standard InChI is InChI=1S/C14H19ClN2O/c1-2-5-14(18)16-13-7-6-11(10-12(13)15)17-8-3-4-9-17/h6-7,10H,2-5,8-9H2,1H3,(H,16,18). The van der Waals surface area contributed by atoms with Crippen LogP contribution >= 0.6 is 11.6 Å². The third-order valence-corrected chi connectivity index (χ3v) is 3.49. The number of anilines is 2. The molecule has 0 bridgehead atoms. The number of nitrogens with zero attached hydrogens (tertiary/aromatic N) is 1. The fourth-order valence-electron chi connectivity index (χ4n) is 2.22. The molecule has 1 aliphatic heterocycles. The summed E-state index contributed by atoms with van der Waals surface area (Å²) in [6.07, 6.45) is 3.86. The van der Waals surface area contributed by atoms with Crippen molar-refractivity contribution in [3.05, 3.63) is 23.2 Å². The molecule has 1 fully saturated rings. The van der Waals surface area contributed by atoms with E-state index < -0.39 is 0 Å². The summed E-state index contributed by atoms with van der Waals surface area (Å²) in [5.74, 6) is 0.0216. The third kappa shape index (κ3) is 3.16. The Balaban J connectivity index is 2.07. The van der Waals surface area contributed by atoms with Gasteiger partial charge in [-0.1, -0.05) is 18.5 Å². The van der Waals surface area contributed by atoms with Crippen LogP contribution in [0.4, 0.5) is 11.4 Å². The van der Waals surface area contributed by atoms with Crippen LogP contribution in [0.15, 0.2) is 18.2 Å². The van der Waals surface area contributed by atoms with Gasteiger partial charge in [0.25, 0.3) is 0 Å². The second kappa shape index (κ2) is 6.10. The Kier molecular flexibility index (Phi) is 4.48. The van der Waals surface area contributed by atoms with Gasteiger partial charge < -0.3 is 10.2 Å². The monoisotopic (exact) mass is 266 g/mol. The highest BCUT2D eigenvalue weighted by atomic mass is 35.5. The Morgan fingerprint density at radius 1 is 1.39 bits per heavy atom. The predicted molar refractivity (Wildman–Crippen MR) is 76.4 cm³/mol. The number of hydrogen-bond donors (Lipinski definition) is 1. The lowest BCUT2D eigenvalue weighted by Crippen LogP contribution is -2.17. The van der Waals surface area contributed by atoms with Crippen LogP contribution in [-0.2, 0) is 4.79 Å². The van der Waals surface area contributed by atoms with E-state index in [0.29, 0.717) is 17.1 Å². The Morgan fingerprint density at radius 3 is 2.72 bits per heavy atom. The minimum Gasteiger partial charge on any atom is -0.371 e. The first kappa shape index (κ1) is 13.2. The number of benzene rings is 1. The fourth-order valence-corrected chi connectivity index (χ4v) is 2.44. The van der Waals surface area contributed by atoms with Gasteiger partial charge in [0.05, 0.1) is 10.7 Å². The Labute approximate surface area is 113 Å². The van der Waals surface area contributed by atoms with Gasteiger partial charge in [-0.05, 0) is 37.5 Å². The Bertz CT molecular complexity index is 428. The van der Waals surface area contributed by atoms with Crippen molar-refractivity contribution in [2.45, 2.75) is 32.6 Å². The molecule has 1 amide bonds. The maximum atomic E-state index is 11.5. The van der Waals surface area contributed by atoms with Crippen molar-refractivity contribution in [1.82, 2.24) is 0 Å². The van der Waals surface area contributed by atoms with Gasteiger partial charge in [0, 0.05) is 25.2 Å². The van der Waals surface area contributed by atoms with Crippen LogP contribution in [0.5, 0.6) is 0 Å². The highest BCUT2D eigenvalue weighted by molar-refractivity contribution is 6.34. The van der Waals surface area contributed by atoms with Crippen LogP contribution in [0.3, 0.4) is 0 Å². The third-order valence-electron chi connectivity index (χ3n) is 3.18. The molecule has 1 aromatic rings. The summed E-state index contributed by atoms with van der Waals surface area (Å²) in [7, 11) is 0. The van der Waals surface area contributed by atoms with Crippen molar-refractivity contribution < 1.29 is 4.79 Å². The summed E-state index contributed by atoms with van der Waals surface area (Å²) < 4.78 is 0. The Morgan fingerprint density at radius 2 is 2.11 bits per heavy atom. The lowest BCUT2D eigenvalue weighted by molar-refractivity contribution is -0.116. The van der Waals surface area contributed by atoms with E-state index >= 15 is 0 Å². The molecule has 1 aliphatic rings. The van der Waals surface area contributed by atoms with Gasteiger partial charge in [0.2, 0.25) is 5.91 Å². The molecule has 98 valence electrons. The van der Waals surface area contributed by atoms with Gasteiger partial charge in [0.1, 0.15) is 0 Å². The van der Waals surface area contributed by atoms with Crippen LogP contribution in [0.2, 0.25) is 5.02 Å². The van der Waals surface area contributed by atoms with Gasteiger partial charge >= 0.3 is 0 Å². The van der Waals surface area contributed by atoms with E-state index in [9.17, 15) is 4.79 Å². The maximum absolute atomic E-state index is 11.5. The quantitative estimate of drug-likeness (QED) is 0.902. The molecular formula is C14H19ClN2O. The van der Waals surface area contributed by atoms with E-state index in [1.54, 1.807) is 0 Å². The summed E-state index contributed by atoms with van der Waals surface area (Å²) in [4.78, 5) is 13.8. The number of carbonyl (C=O) groups is 1. The number of amides is 1. The zero-order chi connectivity index (χ0) is 13.0. The minimum absolute atomic E-state index is 0.0216. The zero-order valence-electron chi connectivity index (χ0n) is 10.7. The van der Waals surface area contributed by atoms with E-state index in [1.165, 1.54) is 12.8 Å². The fraction of sp³-hybridized carbons (Fsp3) is 0.500. The molecule has 0 aromatic heterocycles. The number of nitrogens with one attached hydrogen (secondary N) is 1. The SMILES string of the molecule is CCCC(=O)Nc1ccc(N2CCCC2)cc1Cl. The Hall–Kier alpha value is -1.22. The largest absolute Gasteiger partial charge is 0.371 e. The van der Waals surface area contributed by atoms with Crippen LogP contribution in [-0.4, -0.2) is 19.0 Å². The number of halogens is 1. The predicted octanol–water partition coefficient (Wildman–Crippen LogP) is 3.68. The first-order valence-corrected chi connectivity index (χ1v) is 6.93. The topological polar surface area (TPSA) is 32.3 Å². The van der Waals surface area contributed by atoms with E-state index in [2.05, 4.69) is 10.2 Å². The van der Waals surface area contributed by atoms with Gasteiger partial charge in [-0.15, -0.1) is 0 Å². The highest BCUT2D eigenvalue weighted by Gasteiger charge is 2.14. The van der Waals surface area contributed by atoms with Gasteiger partial charge in [-0.2, -0.15) is 0 Å². The minimum atomic E-state index is 0.0216. The van der Waals surface area contributed by atoms with E-state index in [4.69, 9.17) is 11.6 Å². The second-order valence-corrected chi connectivity index (χ2v) is 5.06. The van der Waals surface area contributed by atoms with Crippen molar-refractivity contribution >= 4 is 28.9 Å². The molecule has 0 atom stereocenters. The first-order chi connectivity index (χ1) is 8.70. The van der Waals surface area contributed by atoms with Gasteiger partial charge in [0.15, 0.2) is 0 Å². The smallest absolute Gasteiger partial charge is 0.224 e. The van der Waals surface area contributed by atoms with E-state index in [0.717, 1.165) is 25.2 Å². The van der Waals surface area contributed by atoms with Crippen molar-refractivity contribution in [3.8, 4) is 0 Å². The summed E-state index contributed by atoms with van der Waals surface area (Å²) in [5, 5.41) is 3.45. The average molecular weight is 267 g/mol. The van der Waals surface area contributed by atoms with E-state index in [1.807, 2.05) is 25.1 Å². The molecule has 1 aromatic carbocycles. The van der Waals surface area contributed by atoms with Gasteiger partial charge in [-0.3, -0.25) is 4.79 Å². The molecule has 0 radical (unpaired) electrons. The maximum Gasteiger partial charge on any atom is 0.224 e. The van der Waals surface area contributed by atoms with Crippen molar-refractivity contribution in [2.24, 2.45) is 0 Å². The lowest BCUT2D eigenvalue weighted by Gasteiger charge is -2.18. The van der Waals surface area contributed by atoms with E-state index in [-0.39, 0.29) is 5.91 Å². The lowest BCUT2D eigenvalue weighted by atomic mass is 10.2. The molecule has 0 aliphatic carbocycles. The summed E-state index contributed by atoms with van der Waals surface area (Å²) in [6, 6.07) is 5.86. The average Bonchev–Trinajstić information content (AvgIpc) is 2.85. The van der Waals surface area contributed by atoms with Crippen molar-refractivity contribution in [2.75, 3.05) is 23.3 Å². The summed E-state index contributed by atoms with van der Waals surface area (Å²) in [6.45, 7) is 4.17. The summed E-state index contributed by atoms with van der Waals surface area (Å²) in [5.41, 5.74) is 1.85. The van der Waals surface area contributed by atoms with Crippen LogP contribution in [0.1, 0.15) is 32.6 Å². The molecule has 2 rings (SSSR count). The van der Waals surface area contributed by atoms with Crippen LogP contribution in [0, 0.1) is 0 Å². The number of rotatable bonds is 4. The number of hydrogen-bond acceptors (Lipinski definition) is 2. The molecule has 1 saturated heterocycles. The molecule has 4 heteroatoms. The second-order valence-electron chi connectivity index (χ2n) is 4.66. The van der Waals surface area contributed by atoms with Crippen LogP contribution in [0.25, 0.3) is 0 Å². The molecule has 1 N–H and O–H groups in total. The molecule has 0 saturated carbocycles. The molecule has 3 nitrogen and oxygen atoms in total. The first-order valence-electron chi connectivity index (χ1n) is 6.55. The molecule has 1 heterocycles. The molecule has 0 spiro atoms. The van der Waals surface area contributed by atoms with Crippen LogP contribution < -0.4 is 10.2 Å². The zero-order valence-corrected chi connectivity index (χ0v) is 11.5. The molecule has 0 unspecified atom stereocenters.